The third-order valence-corrected chi connectivity index (χ3v) is 0. The molecule has 2 N–H and O–H groups in total. The van der Waals surface area contributed by atoms with Gasteiger partial charge in [0.1, 0.15) is 0 Å². The molecule has 0 heterocycles. The van der Waals surface area contributed by atoms with Crippen molar-refractivity contribution < 1.29 is 31.0 Å². The predicted molar refractivity (Wildman–Crippen MR) is 11.6 cm³/mol. The van der Waals surface area contributed by atoms with E-state index >= 15 is 0 Å². The Bertz CT molecular complexity index is 30.6. The monoisotopic (exact) mass is 66.0 g/mol. The predicted octanol–water partition coefficient (Wildman–Crippen LogP) is -2.57. The van der Waals surface area contributed by atoms with Crippen molar-refractivity contribution >= 4 is 6.01 Å². The maximum Gasteiger partial charge on any atom is 1.00 e. The van der Waals surface area contributed by atoms with Crippen LogP contribution >= 0.6 is 0 Å². The summed E-state index contributed by atoms with van der Waals surface area (Å²) in [5.74, 6) is 0. The van der Waals surface area contributed by atoms with E-state index in [9.17, 15) is 0 Å². The van der Waals surface area contributed by atoms with E-state index in [1.807, 2.05) is 0 Å². The van der Waals surface area contributed by atoms with E-state index in [2.05, 4.69) is 0 Å². The quantitative estimate of drug-likeness (QED) is 0.231. The van der Waals surface area contributed by atoms with Crippen LogP contribution in [0.1, 0.15) is 1.43 Å². The van der Waals surface area contributed by atoms with E-state index in [4.69, 9.17) is 10.8 Å². The largest absolute Gasteiger partial charge is 1.00 e. The molecular weight excluding hydrogens is 63.0 g/mol. The molecule has 3 heteroatoms. The Morgan fingerprint density at radius 2 is 1.50 bits per heavy atom. The summed E-state index contributed by atoms with van der Waals surface area (Å²) in [6.07, 6.45) is 0. The zero-order valence-electron chi connectivity index (χ0n) is 3.50. The van der Waals surface area contributed by atoms with Gasteiger partial charge in [-0.2, -0.15) is 0 Å². The molecule has 0 amide bonds. The molecule has 0 aliphatic carbocycles. The number of hydrogen-bond acceptors (Lipinski definition) is 2. The van der Waals surface area contributed by atoms with Gasteiger partial charge in [-0.3, -0.25) is 0 Å². The smallest absolute Gasteiger partial charge is 1.00 e. The summed E-state index contributed by atoms with van der Waals surface area (Å²) >= 11 is 0. The number of rotatable bonds is 0. The zero-order valence-corrected chi connectivity index (χ0v) is 4.50. The fourth-order valence-corrected chi connectivity index (χ4v) is 0. The second-order valence-corrected chi connectivity index (χ2v) is 0.125. The standard InChI is InChI=1S/CH2N2.Na.H/c2-1-3;;/h2-3H;;/q;+1;-1. The Labute approximate surface area is 48.0 Å². The van der Waals surface area contributed by atoms with Gasteiger partial charge in [0.2, 0.25) is 0 Å². The molecule has 0 saturated carbocycles. The minimum Gasteiger partial charge on any atom is -1.00 e. The minimum atomic E-state index is 0. The van der Waals surface area contributed by atoms with Crippen molar-refractivity contribution in [2.45, 2.75) is 0 Å². The fraction of sp³-hybridized carbons (Fsp3) is 0. The van der Waals surface area contributed by atoms with Crippen molar-refractivity contribution in [3.05, 3.63) is 0 Å². The molecule has 0 aromatic carbocycles. The van der Waals surface area contributed by atoms with E-state index in [1.54, 1.807) is 0 Å². The van der Waals surface area contributed by atoms with Gasteiger partial charge in [0, 0.05) is 0 Å². The maximum atomic E-state index is 5.62. The van der Waals surface area contributed by atoms with E-state index < -0.39 is 0 Å². The van der Waals surface area contributed by atoms with Crippen LogP contribution in [0, 0.1) is 10.8 Å². The average Bonchev–Trinajstić information content (AvgIpc) is 0.918. The molecule has 0 saturated heterocycles. The zero-order chi connectivity index (χ0) is 2.71. The molecule has 0 aromatic heterocycles. The van der Waals surface area contributed by atoms with Crippen molar-refractivity contribution in [2.75, 3.05) is 0 Å². The summed E-state index contributed by atoms with van der Waals surface area (Å²) < 4.78 is 0. The molecule has 4 heavy (non-hydrogen) atoms. The first-order valence-corrected chi connectivity index (χ1v) is 0.500. The van der Waals surface area contributed by atoms with E-state index in [1.165, 1.54) is 6.01 Å². The summed E-state index contributed by atoms with van der Waals surface area (Å²) in [6.45, 7) is 0. The van der Waals surface area contributed by atoms with Crippen LogP contribution in [-0.4, -0.2) is 6.01 Å². The summed E-state index contributed by atoms with van der Waals surface area (Å²) in [4.78, 5) is 0. The molecule has 0 aliphatic heterocycles. The third-order valence-electron chi connectivity index (χ3n) is 0. The van der Waals surface area contributed by atoms with Gasteiger partial charge < -0.3 is 1.43 Å². The molecule has 0 aliphatic rings. The average molecular weight is 66.0 g/mol. The first-order valence-electron chi connectivity index (χ1n) is 0.500. The van der Waals surface area contributed by atoms with Gasteiger partial charge in [0.25, 0.3) is 0 Å². The van der Waals surface area contributed by atoms with Crippen LogP contribution < -0.4 is 29.6 Å². The van der Waals surface area contributed by atoms with E-state index in [0.29, 0.717) is 0 Å². The minimum absolute atomic E-state index is 0. The molecule has 0 atom stereocenters. The van der Waals surface area contributed by atoms with Crippen molar-refractivity contribution in [1.29, 1.82) is 10.8 Å². The fourth-order valence-electron chi connectivity index (χ4n) is 0. The molecule has 2 nitrogen and oxygen atoms in total. The maximum absolute atomic E-state index is 5.62. The van der Waals surface area contributed by atoms with Gasteiger partial charge in [0.05, 0.1) is 6.01 Å². The van der Waals surface area contributed by atoms with Crippen LogP contribution in [0.25, 0.3) is 0 Å². The van der Waals surface area contributed by atoms with Gasteiger partial charge in [-0.1, -0.05) is 0 Å². The van der Waals surface area contributed by atoms with Crippen LogP contribution in [0.5, 0.6) is 0 Å². The van der Waals surface area contributed by atoms with Crippen LogP contribution in [0.4, 0.5) is 0 Å². The molecule has 0 radical (unpaired) electrons. The summed E-state index contributed by atoms with van der Waals surface area (Å²) in [6, 6.07) is 1.25. The van der Waals surface area contributed by atoms with Gasteiger partial charge in [-0.05, 0) is 0 Å². The van der Waals surface area contributed by atoms with E-state index in [-0.39, 0.29) is 31.0 Å². The van der Waals surface area contributed by atoms with Crippen LogP contribution in [-0.2, 0) is 0 Å². The van der Waals surface area contributed by atoms with Crippen molar-refractivity contribution in [3.63, 3.8) is 0 Å². The van der Waals surface area contributed by atoms with E-state index in [0.717, 1.165) is 0 Å². The molecule has 0 fully saturated rings. The molecule has 0 aromatic rings. The number of hydrogen-bond donors (Lipinski definition) is 2. The Morgan fingerprint density at radius 1 is 1.50 bits per heavy atom. The Morgan fingerprint density at radius 3 is 1.50 bits per heavy atom. The van der Waals surface area contributed by atoms with Crippen LogP contribution in [0.3, 0.4) is 0 Å². The van der Waals surface area contributed by atoms with Gasteiger partial charge in [-0.25, -0.2) is 10.8 Å². The molecule has 0 spiro atoms. The van der Waals surface area contributed by atoms with Gasteiger partial charge in [0.15, 0.2) is 0 Å². The van der Waals surface area contributed by atoms with Gasteiger partial charge in [-0.15, -0.1) is 0 Å². The summed E-state index contributed by atoms with van der Waals surface area (Å²) in [5, 5.41) is 11.2. The Balaban J connectivity index is -0.0000000200. The van der Waals surface area contributed by atoms with Crippen LogP contribution in [0.2, 0.25) is 0 Å². The van der Waals surface area contributed by atoms with Crippen molar-refractivity contribution in [3.8, 4) is 0 Å². The summed E-state index contributed by atoms with van der Waals surface area (Å²) in [5.41, 5.74) is 0. The van der Waals surface area contributed by atoms with Crippen molar-refractivity contribution in [2.24, 2.45) is 0 Å². The third kappa shape index (κ3) is 31.4. The SMILES string of the molecule is N=C=N.[H-].[Na+]. The molecule has 0 rings (SSSR count). The second-order valence-electron chi connectivity index (χ2n) is 0.125. The topological polar surface area (TPSA) is 47.7 Å². The first kappa shape index (κ1) is 8.83. The van der Waals surface area contributed by atoms with Crippen molar-refractivity contribution in [1.82, 2.24) is 0 Å². The Hall–Kier alpha value is 0.380. The number of nitrogens with one attached hydrogen (secondary N) is 2. The normalized spacial score (nSPS) is 2.00. The molecule has 18 valence electrons. The van der Waals surface area contributed by atoms with Gasteiger partial charge >= 0.3 is 29.6 Å². The molecule has 0 bridgehead atoms. The summed E-state index contributed by atoms with van der Waals surface area (Å²) in [7, 11) is 0. The molecular formula is CH3N2Na. The Kier molecular flexibility index (Phi) is 22.2. The second kappa shape index (κ2) is 10.1. The first-order chi connectivity index (χ1) is 1.41. The van der Waals surface area contributed by atoms with Crippen LogP contribution in [0.15, 0.2) is 0 Å². The molecule has 0 unspecified atom stereocenters.